The van der Waals surface area contributed by atoms with E-state index in [1.54, 1.807) is 53.4 Å². The van der Waals surface area contributed by atoms with Gasteiger partial charge in [0.1, 0.15) is 0 Å². The number of para-hydroxylation sites is 1. The molecule has 0 spiro atoms. The summed E-state index contributed by atoms with van der Waals surface area (Å²) in [6, 6.07) is 13.3. The number of anilines is 1. The molecule has 2 aromatic carbocycles. The van der Waals surface area contributed by atoms with E-state index in [4.69, 9.17) is 16.3 Å². The van der Waals surface area contributed by atoms with Crippen LogP contribution in [0.3, 0.4) is 0 Å². The quantitative estimate of drug-likeness (QED) is 0.827. The Labute approximate surface area is 163 Å². The number of rotatable bonds is 5. The van der Waals surface area contributed by atoms with Crippen molar-refractivity contribution in [1.29, 1.82) is 0 Å². The first-order valence-electron chi connectivity index (χ1n) is 8.37. The zero-order valence-electron chi connectivity index (χ0n) is 14.5. The third-order valence-corrected chi connectivity index (χ3v) is 5.27. The van der Waals surface area contributed by atoms with Gasteiger partial charge in [-0.15, -0.1) is 0 Å². The highest BCUT2D eigenvalue weighted by Gasteiger charge is 2.22. The molecule has 0 aliphatic carbocycles. The van der Waals surface area contributed by atoms with Gasteiger partial charge >= 0.3 is 0 Å². The molecule has 0 unspecified atom stereocenters. The number of amides is 1. The van der Waals surface area contributed by atoms with Crippen molar-refractivity contribution in [3.05, 3.63) is 70.1 Å². The first-order valence-corrected chi connectivity index (χ1v) is 10.3. The van der Waals surface area contributed by atoms with E-state index in [0.29, 0.717) is 42.5 Å². The first kappa shape index (κ1) is 19.4. The van der Waals surface area contributed by atoms with Gasteiger partial charge < -0.3 is 9.64 Å². The Hall–Kier alpha value is -2.35. The molecule has 8 heteroatoms. The maximum Gasteiger partial charge on any atom is 0.256 e. The molecule has 1 amide bonds. The Bertz CT molecular complexity index is 936. The van der Waals surface area contributed by atoms with Crippen molar-refractivity contribution in [2.24, 2.45) is 0 Å². The smallest absolute Gasteiger partial charge is 0.256 e. The van der Waals surface area contributed by atoms with Gasteiger partial charge in [-0.05, 0) is 35.9 Å². The van der Waals surface area contributed by atoms with Crippen molar-refractivity contribution in [3.8, 4) is 0 Å². The van der Waals surface area contributed by atoms with E-state index in [0.717, 1.165) is 5.41 Å². The summed E-state index contributed by atoms with van der Waals surface area (Å²) in [4.78, 5) is 14.4. The third-order valence-electron chi connectivity index (χ3n) is 4.02. The molecule has 0 aromatic heterocycles. The van der Waals surface area contributed by atoms with Crippen LogP contribution in [0, 0.1) is 0 Å². The van der Waals surface area contributed by atoms with Crippen molar-refractivity contribution >= 4 is 39.3 Å². The van der Waals surface area contributed by atoms with Crippen molar-refractivity contribution in [2.45, 2.75) is 0 Å². The number of morpholine rings is 1. The molecule has 3 rings (SSSR count). The molecule has 1 aliphatic rings. The van der Waals surface area contributed by atoms with Crippen LogP contribution in [0.1, 0.15) is 15.9 Å². The molecule has 2 aromatic rings. The third kappa shape index (κ3) is 5.32. The number of nitrogens with one attached hydrogen (secondary N) is 1. The van der Waals surface area contributed by atoms with Crippen LogP contribution in [0.25, 0.3) is 6.08 Å². The Kier molecular flexibility index (Phi) is 6.15. The van der Waals surface area contributed by atoms with Gasteiger partial charge in [-0.2, -0.15) is 0 Å². The molecule has 0 saturated carbocycles. The van der Waals surface area contributed by atoms with E-state index in [1.807, 2.05) is 0 Å². The zero-order chi connectivity index (χ0) is 19.3. The fourth-order valence-corrected chi connectivity index (χ4v) is 3.64. The minimum absolute atomic E-state index is 0.224. The van der Waals surface area contributed by atoms with Crippen molar-refractivity contribution in [3.63, 3.8) is 0 Å². The summed E-state index contributed by atoms with van der Waals surface area (Å²) in [6.45, 7) is 1.92. The second-order valence-electron chi connectivity index (χ2n) is 5.95. The summed E-state index contributed by atoms with van der Waals surface area (Å²) in [5.74, 6) is -0.224. The second-order valence-corrected chi connectivity index (χ2v) is 7.95. The topological polar surface area (TPSA) is 75.7 Å². The number of benzene rings is 2. The minimum atomic E-state index is -3.79. The van der Waals surface area contributed by atoms with E-state index in [9.17, 15) is 13.2 Å². The van der Waals surface area contributed by atoms with Gasteiger partial charge in [0, 0.05) is 18.1 Å². The number of carbonyl (C=O) groups is 1. The summed E-state index contributed by atoms with van der Waals surface area (Å²) in [5.41, 5.74) is 1.25. The molecule has 1 fully saturated rings. The maximum absolute atomic E-state index is 12.7. The standard InChI is InChI=1S/C19H19ClN2O4S/c20-16-7-5-15(6-8-16)9-14-27(24,25)21-18-4-2-1-3-17(18)19(23)22-10-12-26-13-11-22/h1-9,14,21H,10-13H2/b14-9+. The summed E-state index contributed by atoms with van der Waals surface area (Å²) < 4.78 is 32.6. The average molecular weight is 407 g/mol. The summed E-state index contributed by atoms with van der Waals surface area (Å²) in [5, 5.41) is 1.63. The van der Waals surface area contributed by atoms with Crippen LogP contribution >= 0.6 is 11.6 Å². The van der Waals surface area contributed by atoms with Crippen molar-refractivity contribution in [1.82, 2.24) is 4.90 Å². The molecular formula is C19H19ClN2O4S. The number of hydrogen-bond acceptors (Lipinski definition) is 4. The lowest BCUT2D eigenvalue weighted by atomic mass is 10.1. The van der Waals surface area contributed by atoms with Crippen molar-refractivity contribution < 1.29 is 17.9 Å². The lowest BCUT2D eigenvalue weighted by Gasteiger charge is -2.27. The van der Waals surface area contributed by atoms with Crippen LogP contribution in [-0.2, 0) is 14.8 Å². The van der Waals surface area contributed by atoms with Crippen molar-refractivity contribution in [2.75, 3.05) is 31.0 Å². The van der Waals surface area contributed by atoms with Crippen LogP contribution in [-0.4, -0.2) is 45.5 Å². The predicted octanol–water partition coefficient (Wildman–Crippen LogP) is 3.23. The summed E-state index contributed by atoms with van der Waals surface area (Å²) >= 11 is 5.82. The van der Waals surface area contributed by atoms with Gasteiger partial charge in [0.05, 0.1) is 29.9 Å². The van der Waals surface area contributed by atoms with Crippen LogP contribution in [0.4, 0.5) is 5.69 Å². The van der Waals surface area contributed by atoms with E-state index in [2.05, 4.69) is 4.72 Å². The molecule has 1 saturated heterocycles. The van der Waals surface area contributed by atoms with Gasteiger partial charge in [-0.3, -0.25) is 9.52 Å². The molecule has 0 bridgehead atoms. The fourth-order valence-electron chi connectivity index (χ4n) is 2.62. The Balaban J connectivity index is 1.78. The Morgan fingerprint density at radius 1 is 1.07 bits per heavy atom. The van der Waals surface area contributed by atoms with E-state index in [-0.39, 0.29) is 11.6 Å². The molecule has 0 radical (unpaired) electrons. The van der Waals surface area contributed by atoms with Crippen LogP contribution in [0.15, 0.2) is 53.9 Å². The lowest BCUT2D eigenvalue weighted by molar-refractivity contribution is 0.0303. The van der Waals surface area contributed by atoms with Gasteiger partial charge in [0.25, 0.3) is 15.9 Å². The molecule has 0 atom stereocenters. The molecular weight excluding hydrogens is 388 g/mol. The van der Waals surface area contributed by atoms with Gasteiger partial charge in [-0.1, -0.05) is 35.9 Å². The highest BCUT2D eigenvalue weighted by atomic mass is 35.5. The molecule has 1 aliphatic heterocycles. The summed E-state index contributed by atoms with van der Waals surface area (Å²) in [7, 11) is -3.79. The number of ether oxygens (including phenoxy) is 1. The normalized spacial score (nSPS) is 15.1. The lowest BCUT2D eigenvalue weighted by Crippen LogP contribution is -2.41. The fraction of sp³-hybridized carbons (Fsp3) is 0.211. The zero-order valence-corrected chi connectivity index (χ0v) is 16.0. The summed E-state index contributed by atoms with van der Waals surface area (Å²) in [6.07, 6.45) is 1.46. The highest BCUT2D eigenvalue weighted by molar-refractivity contribution is 7.95. The highest BCUT2D eigenvalue weighted by Crippen LogP contribution is 2.20. The molecule has 142 valence electrons. The Morgan fingerprint density at radius 3 is 2.44 bits per heavy atom. The minimum Gasteiger partial charge on any atom is -0.378 e. The van der Waals surface area contributed by atoms with Gasteiger partial charge in [0.15, 0.2) is 0 Å². The van der Waals surface area contributed by atoms with E-state index in [1.165, 1.54) is 6.08 Å². The molecule has 1 N–H and O–H groups in total. The SMILES string of the molecule is O=C(c1ccccc1NS(=O)(=O)/C=C/c1ccc(Cl)cc1)N1CCOCC1. The molecule has 27 heavy (non-hydrogen) atoms. The maximum atomic E-state index is 12.7. The van der Waals surface area contributed by atoms with Gasteiger partial charge in [-0.25, -0.2) is 8.42 Å². The number of sulfonamides is 1. The number of halogens is 1. The van der Waals surface area contributed by atoms with Crippen LogP contribution in [0.2, 0.25) is 5.02 Å². The molecule has 1 heterocycles. The van der Waals surface area contributed by atoms with Crippen LogP contribution in [0.5, 0.6) is 0 Å². The number of nitrogens with zero attached hydrogens (tertiary/aromatic N) is 1. The van der Waals surface area contributed by atoms with E-state index >= 15 is 0 Å². The number of hydrogen-bond donors (Lipinski definition) is 1. The Morgan fingerprint density at radius 2 is 1.74 bits per heavy atom. The largest absolute Gasteiger partial charge is 0.378 e. The van der Waals surface area contributed by atoms with E-state index < -0.39 is 10.0 Å². The first-order chi connectivity index (χ1) is 12.9. The predicted molar refractivity (Wildman–Crippen MR) is 106 cm³/mol. The average Bonchev–Trinajstić information content (AvgIpc) is 2.68. The number of carbonyl (C=O) groups excluding carboxylic acids is 1. The van der Waals surface area contributed by atoms with Crippen LogP contribution < -0.4 is 4.72 Å². The van der Waals surface area contributed by atoms with Gasteiger partial charge in [0.2, 0.25) is 0 Å². The second kappa shape index (κ2) is 8.56. The monoisotopic (exact) mass is 406 g/mol. The molecule has 6 nitrogen and oxygen atoms in total.